The van der Waals surface area contributed by atoms with E-state index in [4.69, 9.17) is 28.4 Å². The van der Waals surface area contributed by atoms with E-state index in [1.165, 1.54) is 250 Å². The van der Waals surface area contributed by atoms with Gasteiger partial charge < -0.3 is 28.4 Å². The Morgan fingerprint density at radius 1 is 0.333 bits per heavy atom. The van der Waals surface area contributed by atoms with Crippen LogP contribution in [0.25, 0.3) is 0 Å². The van der Waals surface area contributed by atoms with Gasteiger partial charge in [0.25, 0.3) is 0 Å². The average Bonchev–Trinajstić information content (AvgIpc) is 3.97. The quantitative estimate of drug-likeness (QED) is 0.0567. The Bertz CT molecular complexity index is 948. The van der Waals surface area contributed by atoms with Crippen molar-refractivity contribution in [2.24, 2.45) is 11.8 Å². The Labute approximate surface area is 413 Å². The summed E-state index contributed by atoms with van der Waals surface area (Å²) in [5.74, 6) is 1.27. The van der Waals surface area contributed by atoms with Crippen LogP contribution in [0.1, 0.15) is 297 Å². The van der Waals surface area contributed by atoms with Crippen LogP contribution in [0.5, 0.6) is 0 Å². The first-order valence-corrected chi connectivity index (χ1v) is 30.3. The third kappa shape index (κ3) is 37.6. The lowest BCUT2D eigenvalue weighted by atomic mass is 9.83. The molecule has 0 bridgehead atoms. The van der Waals surface area contributed by atoms with E-state index in [-0.39, 0.29) is 24.4 Å². The molecule has 0 aromatic rings. The van der Waals surface area contributed by atoms with Crippen LogP contribution in [-0.4, -0.2) is 77.3 Å². The van der Waals surface area contributed by atoms with Gasteiger partial charge in [-0.3, -0.25) is 0 Å². The molecule has 0 saturated carbocycles. The maximum absolute atomic E-state index is 6.70. The van der Waals surface area contributed by atoms with E-state index < -0.39 is 0 Å². The van der Waals surface area contributed by atoms with Gasteiger partial charge in [-0.05, 0) is 56.8 Å². The normalized spacial score (nSPS) is 20.3. The van der Waals surface area contributed by atoms with Crippen LogP contribution in [-0.2, 0) is 28.4 Å². The van der Waals surface area contributed by atoms with Crippen LogP contribution < -0.4 is 0 Å². The SMILES string of the molecule is CCCCCCCCCCCCOC[C@@H]1CC[C@@H](COCCCCCCCCCCC(C)C2C[C@H](COCCCCCCCCCCCC)O[C@@H]2COCCCCCCCCCCCC)O1. The zero-order chi connectivity index (χ0) is 47.1. The molecule has 2 heterocycles. The number of hydrogen-bond acceptors (Lipinski definition) is 6. The van der Waals surface area contributed by atoms with Crippen LogP contribution >= 0.6 is 0 Å². The van der Waals surface area contributed by atoms with E-state index in [9.17, 15) is 0 Å². The highest BCUT2D eigenvalue weighted by atomic mass is 16.6. The molecule has 0 aromatic carbocycles. The highest BCUT2D eigenvalue weighted by Crippen LogP contribution is 2.36. The van der Waals surface area contributed by atoms with Gasteiger partial charge in [0.15, 0.2) is 0 Å². The average molecular weight is 936 g/mol. The topological polar surface area (TPSA) is 55.4 Å². The smallest absolute Gasteiger partial charge is 0.0845 e. The Morgan fingerprint density at radius 3 is 0.970 bits per heavy atom. The van der Waals surface area contributed by atoms with Crippen molar-refractivity contribution < 1.29 is 28.4 Å². The van der Waals surface area contributed by atoms with Gasteiger partial charge >= 0.3 is 0 Å². The predicted molar refractivity (Wildman–Crippen MR) is 284 cm³/mol. The monoisotopic (exact) mass is 935 g/mol. The molecule has 0 spiro atoms. The van der Waals surface area contributed by atoms with Crippen molar-refractivity contribution in [3.05, 3.63) is 0 Å². The first-order chi connectivity index (χ1) is 32.7. The van der Waals surface area contributed by atoms with Crippen LogP contribution in [0.3, 0.4) is 0 Å². The molecule has 6 nitrogen and oxygen atoms in total. The lowest BCUT2D eigenvalue weighted by molar-refractivity contribution is -0.0565. The third-order valence-corrected chi connectivity index (χ3v) is 15.1. The summed E-state index contributed by atoms with van der Waals surface area (Å²) in [5, 5.41) is 0. The Hall–Kier alpha value is -0.240. The minimum absolute atomic E-state index is 0.226. The minimum Gasteiger partial charge on any atom is -0.379 e. The maximum Gasteiger partial charge on any atom is 0.0845 e. The maximum atomic E-state index is 6.70. The van der Waals surface area contributed by atoms with Crippen LogP contribution in [0, 0.1) is 11.8 Å². The molecule has 0 amide bonds. The summed E-state index contributed by atoms with van der Waals surface area (Å²) >= 11 is 0. The molecule has 0 aromatic heterocycles. The van der Waals surface area contributed by atoms with Crippen molar-refractivity contribution in [3.63, 3.8) is 0 Å². The lowest BCUT2D eigenvalue weighted by Crippen LogP contribution is -2.27. The summed E-state index contributed by atoms with van der Waals surface area (Å²) in [6.45, 7) is 15.9. The van der Waals surface area contributed by atoms with Crippen LogP contribution in [0.15, 0.2) is 0 Å². The zero-order valence-electron chi connectivity index (χ0n) is 45.3. The highest BCUT2D eigenvalue weighted by Gasteiger charge is 2.38. The summed E-state index contributed by atoms with van der Waals surface area (Å²) in [5.41, 5.74) is 0. The lowest BCUT2D eigenvalue weighted by Gasteiger charge is -2.24. The molecule has 0 N–H and O–H groups in total. The van der Waals surface area contributed by atoms with Crippen LogP contribution in [0.2, 0.25) is 0 Å². The van der Waals surface area contributed by atoms with Crippen molar-refractivity contribution in [1.29, 1.82) is 0 Å². The first-order valence-electron chi connectivity index (χ1n) is 30.3. The Balaban J connectivity index is 1.48. The molecule has 2 fully saturated rings. The van der Waals surface area contributed by atoms with E-state index in [1.807, 2.05) is 0 Å². The summed E-state index contributed by atoms with van der Waals surface area (Å²) in [6.07, 6.45) is 57.3. The second-order valence-electron chi connectivity index (χ2n) is 21.6. The summed E-state index contributed by atoms with van der Waals surface area (Å²) < 4.78 is 37.5. The van der Waals surface area contributed by atoms with Crippen molar-refractivity contribution >= 4 is 0 Å². The van der Waals surface area contributed by atoms with Gasteiger partial charge in [0.1, 0.15) is 0 Å². The van der Waals surface area contributed by atoms with Gasteiger partial charge in [0, 0.05) is 26.4 Å². The summed E-state index contributed by atoms with van der Waals surface area (Å²) in [7, 11) is 0. The number of unbranched alkanes of at least 4 members (excludes halogenated alkanes) is 34. The number of rotatable bonds is 53. The van der Waals surface area contributed by atoms with E-state index in [1.54, 1.807) is 0 Å². The molecule has 0 aliphatic carbocycles. The van der Waals surface area contributed by atoms with E-state index in [0.717, 1.165) is 72.1 Å². The fraction of sp³-hybridized carbons (Fsp3) is 1.00. The second kappa shape index (κ2) is 48.4. The van der Waals surface area contributed by atoms with Crippen molar-refractivity contribution in [1.82, 2.24) is 0 Å². The van der Waals surface area contributed by atoms with Gasteiger partial charge in [0.2, 0.25) is 0 Å². The zero-order valence-corrected chi connectivity index (χ0v) is 45.3. The number of hydrogen-bond donors (Lipinski definition) is 0. The second-order valence-corrected chi connectivity index (χ2v) is 21.6. The molecule has 2 aliphatic rings. The summed E-state index contributed by atoms with van der Waals surface area (Å²) in [4.78, 5) is 0. The molecular formula is C60H118O6. The fourth-order valence-corrected chi connectivity index (χ4v) is 10.6. The predicted octanol–water partition coefficient (Wildman–Crippen LogP) is 18.3. The molecular weight excluding hydrogens is 817 g/mol. The number of ether oxygens (including phenoxy) is 6. The summed E-state index contributed by atoms with van der Waals surface area (Å²) in [6, 6.07) is 0. The van der Waals surface area contributed by atoms with E-state index in [2.05, 4.69) is 27.7 Å². The van der Waals surface area contributed by atoms with Gasteiger partial charge in [-0.15, -0.1) is 0 Å². The van der Waals surface area contributed by atoms with Crippen molar-refractivity contribution in [2.45, 2.75) is 322 Å². The van der Waals surface area contributed by atoms with E-state index in [0.29, 0.717) is 11.8 Å². The van der Waals surface area contributed by atoms with Gasteiger partial charge in [-0.2, -0.15) is 0 Å². The van der Waals surface area contributed by atoms with Gasteiger partial charge in [0.05, 0.1) is 50.8 Å². The Morgan fingerprint density at radius 2 is 0.621 bits per heavy atom. The molecule has 66 heavy (non-hydrogen) atoms. The molecule has 2 saturated heterocycles. The molecule has 6 heteroatoms. The first kappa shape index (κ1) is 61.9. The van der Waals surface area contributed by atoms with Gasteiger partial charge in [-0.1, -0.05) is 252 Å². The fourth-order valence-electron chi connectivity index (χ4n) is 10.6. The van der Waals surface area contributed by atoms with E-state index >= 15 is 0 Å². The molecule has 0 radical (unpaired) electrons. The molecule has 6 atom stereocenters. The van der Waals surface area contributed by atoms with Gasteiger partial charge in [-0.25, -0.2) is 0 Å². The standard InChI is InChI=1S/C60H118O6/c1-5-8-11-14-17-20-24-29-34-39-46-61-51-56-44-45-57(65-56)52-62-47-40-35-32-27-23-28-33-38-43-55(4)59-50-58(53-63-48-41-36-30-25-21-18-15-12-9-6-2)66-60(59)54-64-49-42-37-31-26-22-19-16-13-10-7-3/h55-60H,5-54H2,1-4H3/t55?,56-,57-,58+,59?,60+/m0/s1. The molecule has 2 aliphatic heterocycles. The largest absolute Gasteiger partial charge is 0.379 e. The van der Waals surface area contributed by atoms with Crippen LogP contribution in [0.4, 0.5) is 0 Å². The Kier molecular flexibility index (Phi) is 45.4. The molecule has 2 unspecified atom stereocenters. The molecule has 394 valence electrons. The van der Waals surface area contributed by atoms with Crippen molar-refractivity contribution in [2.75, 3.05) is 52.9 Å². The van der Waals surface area contributed by atoms with Crippen molar-refractivity contribution in [3.8, 4) is 0 Å². The molecule has 2 rings (SSSR count). The minimum atomic E-state index is 0.226. The highest BCUT2D eigenvalue weighted by molar-refractivity contribution is 4.86. The third-order valence-electron chi connectivity index (χ3n) is 15.1.